The van der Waals surface area contributed by atoms with Crippen molar-refractivity contribution in [3.63, 3.8) is 0 Å². The molecule has 15 heavy (non-hydrogen) atoms. The molecule has 6 nitrogen and oxygen atoms in total. The van der Waals surface area contributed by atoms with Gasteiger partial charge in [0.2, 0.25) is 0 Å². The first-order chi connectivity index (χ1) is 7.02. The van der Waals surface area contributed by atoms with Crippen LogP contribution in [0.1, 0.15) is 6.42 Å². The zero-order chi connectivity index (χ0) is 11.8. The molecule has 86 valence electrons. The van der Waals surface area contributed by atoms with Crippen LogP contribution in [0.15, 0.2) is 0 Å². The summed E-state index contributed by atoms with van der Waals surface area (Å²) in [6.45, 7) is 0. The van der Waals surface area contributed by atoms with Crippen molar-refractivity contribution < 1.29 is 24.2 Å². The van der Waals surface area contributed by atoms with Crippen molar-refractivity contribution in [1.29, 1.82) is 0 Å². The second kappa shape index (κ2) is 7.10. The van der Waals surface area contributed by atoms with Crippen LogP contribution >= 0.6 is 11.8 Å². The number of thioether (sulfide) groups is 1. The van der Waals surface area contributed by atoms with E-state index in [0.29, 0.717) is 12.2 Å². The van der Waals surface area contributed by atoms with Crippen LogP contribution in [0.5, 0.6) is 0 Å². The van der Waals surface area contributed by atoms with Gasteiger partial charge in [0.15, 0.2) is 0 Å². The van der Waals surface area contributed by atoms with Gasteiger partial charge in [0, 0.05) is 0 Å². The number of methoxy groups -OCH3 is 1. The van der Waals surface area contributed by atoms with E-state index < -0.39 is 23.9 Å². The molecule has 0 aliphatic carbocycles. The molecule has 0 aromatic heterocycles. The minimum absolute atomic E-state index is 0.340. The van der Waals surface area contributed by atoms with Crippen molar-refractivity contribution in [3.8, 4) is 0 Å². The highest BCUT2D eigenvalue weighted by Crippen LogP contribution is 2.02. The van der Waals surface area contributed by atoms with Crippen LogP contribution in [0, 0.1) is 0 Å². The average Bonchev–Trinajstić information content (AvgIpc) is 2.22. The smallest absolute Gasteiger partial charge is 0.394 e. The van der Waals surface area contributed by atoms with Crippen molar-refractivity contribution in [2.45, 2.75) is 12.5 Å². The van der Waals surface area contributed by atoms with E-state index in [1.54, 1.807) is 0 Å². The van der Waals surface area contributed by atoms with Gasteiger partial charge in [-0.1, -0.05) is 0 Å². The number of hydrogen-bond acceptors (Lipinski definition) is 5. The number of hydrogen-bond donors (Lipinski definition) is 2. The quantitative estimate of drug-likeness (QED) is 0.492. The Morgan fingerprint density at radius 3 is 2.47 bits per heavy atom. The molecule has 0 radical (unpaired) electrons. The Balaban J connectivity index is 4.30. The molecule has 0 unspecified atom stereocenters. The van der Waals surface area contributed by atoms with Crippen LogP contribution < -0.4 is 5.32 Å². The van der Waals surface area contributed by atoms with E-state index in [-0.39, 0.29) is 0 Å². The number of carbonyl (C=O) groups is 3. The van der Waals surface area contributed by atoms with Gasteiger partial charge in [-0.2, -0.15) is 11.8 Å². The van der Waals surface area contributed by atoms with E-state index in [0.717, 1.165) is 0 Å². The molecule has 0 spiro atoms. The zero-order valence-electron chi connectivity index (χ0n) is 8.48. The van der Waals surface area contributed by atoms with Gasteiger partial charge in [-0.25, -0.2) is 9.59 Å². The first kappa shape index (κ1) is 13.8. The molecular formula is C8H13NO5S. The zero-order valence-corrected chi connectivity index (χ0v) is 9.30. The minimum atomic E-state index is -1.62. The molecule has 0 saturated heterocycles. The topological polar surface area (TPSA) is 92.7 Å². The maximum atomic E-state index is 11.1. The molecule has 0 heterocycles. The van der Waals surface area contributed by atoms with Crippen LogP contribution in [-0.2, 0) is 19.1 Å². The Morgan fingerprint density at radius 1 is 1.47 bits per heavy atom. The minimum Gasteiger partial charge on any atom is -0.474 e. The highest BCUT2D eigenvalue weighted by molar-refractivity contribution is 7.98. The summed E-state index contributed by atoms with van der Waals surface area (Å²) in [7, 11) is 1.18. The van der Waals surface area contributed by atoms with Gasteiger partial charge < -0.3 is 15.2 Å². The molecule has 0 bridgehead atoms. The molecule has 0 rings (SSSR count). The molecule has 0 aliphatic heterocycles. The van der Waals surface area contributed by atoms with Gasteiger partial charge in [-0.05, 0) is 18.4 Å². The van der Waals surface area contributed by atoms with Gasteiger partial charge in [0.05, 0.1) is 7.11 Å². The summed E-state index contributed by atoms with van der Waals surface area (Å²) in [5, 5.41) is 10.4. The molecule has 0 aliphatic rings. The molecule has 1 atom stereocenters. The normalized spacial score (nSPS) is 11.6. The lowest BCUT2D eigenvalue weighted by atomic mass is 10.2. The van der Waals surface area contributed by atoms with E-state index in [2.05, 4.69) is 10.1 Å². The predicted molar refractivity (Wildman–Crippen MR) is 54.6 cm³/mol. The third-order valence-electron chi connectivity index (χ3n) is 1.60. The molecular weight excluding hydrogens is 222 g/mol. The Labute approximate surface area is 91.4 Å². The molecule has 0 saturated carbocycles. The third kappa shape index (κ3) is 5.26. The Kier molecular flexibility index (Phi) is 6.52. The van der Waals surface area contributed by atoms with Gasteiger partial charge in [0.1, 0.15) is 6.04 Å². The summed E-state index contributed by atoms with van der Waals surface area (Å²) in [5.41, 5.74) is 0. The summed E-state index contributed by atoms with van der Waals surface area (Å²) in [6.07, 6.45) is 2.18. The SMILES string of the molecule is COC(=O)[C@H](CCSC)NC(=O)C(=O)O. The van der Waals surface area contributed by atoms with Crippen LogP contribution in [0.2, 0.25) is 0 Å². The lowest BCUT2D eigenvalue weighted by molar-refractivity contribution is -0.152. The highest BCUT2D eigenvalue weighted by Gasteiger charge is 2.23. The van der Waals surface area contributed by atoms with Crippen molar-refractivity contribution in [2.75, 3.05) is 19.1 Å². The molecule has 7 heteroatoms. The molecule has 2 N–H and O–H groups in total. The summed E-state index contributed by atoms with van der Waals surface area (Å²) in [5.74, 6) is -2.84. The Bertz CT molecular complexity index is 255. The molecule has 0 aromatic carbocycles. The number of amides is 1. The third-order valence-corrected chi connectivity index (χ3v) is 2.24. The Morgan fingerprint density at radius 2 is 2.07 bits per heavy atom. The molecule has 0 fully saturated rings. The number of carboxylic acid groups (broad SMARTS) is 1. The number of rotatable bonds is 5. The summed E-state index contributed by atoms with van der Waals surface area (Å²) < 4.78 is 4.43. The standard InChI is InChI=1S/C8H13NO5S/c1-14-8(13)5(3-4-15-2)9-6(10)7(11)12/h5H,3-4H2,1-2H3,(H,9,10)(H,11,12)/t5-/m0/s1. The number of nitrogens with one attached hydrogen (secondary N) is 1. The average molecular weight is 235 g/mol. The summed E-state index contributed by atoms with van der Waals surface area (Å²) in [4.78, 5) is 32.2. The molecule has 1 amide bonds. The second-order valence-electron chi connectivity index (χ2n) is 2.64. The summed E-state index contributed by atoms with van der Waals surface area (Å²) in [6, 6.07) is -0.897. The van der Waals surface area contributed by atoms with Crippen LogP contribution in [0.4, 0.5) is 0 Å². The number of esters is 1. The number of ether oxygens (including phenoxy) is 1. The maximum Gasteiger partial charge on any atom is 0.394 e. The largest absolute Gasteiger partial charge is 0.474 e. The first-order valence-electron chi connectivity index (χ1n) is 4.13. The van der Waals surface area contributed by atoms with Crippen LogP contribution in [-0.4, -0.2) is 48.1 Å². The van der Waals surface area contributed by atoms with Crippen LogP contribution in [0.3, 0.4) is 0 Å². The fourth-order valence-corrected chi connectivity index (χ4v) is 1.32. The molecule has 0 aromatic rings. The van der Waals surface area contributed by atoms with E-state index in [1.165, 1.54) is 18.9 Å². The fourth-order valence-electron chi connectivity index (χ4n) is 0.847. The lowest BCUT2D eigenvalue weighted by Gasteiger charge is -2.14. The van der Waals surface area contributed by atoms with E-state index in [4.69, 9.17) is 5.11 Å². The second-order valence-corrected chi connectivity index (χ2v) is 3.62. The van der Waals surface area contributed by atoms with Crippen molar-refractivity contribution >= 4 is 29.6 Å². The maximum absolute atomic E-state index is 11.1. The van der Waals surface area contributed by atoms with E-state index in [9.17, 15) is 14.4 Å². The lowest BCUT2D eigenvalue weighted by Crippen LogP contribution is -2.44. The van der Waals surface area contributed by atoms with E-state index >= 15 is 0 Å². The van der Waals surface area contributed by atoms with Crippen molar-refractivity contribution in [2.24, 2.45) is 0 Å². The summed E-state index contributed by atoms with van der Waals surface area (Å²) >= 11 is 1.49. The first-order valence-corrected chi connectivity index (χ1v) is 5.52. The number of carboxylic acids is 1. The monoisotopic (exact) mass is 235 g/mol. The van der Waals surface area contributed by atoms with Gasteiger partial charge in [0.25, 0.3) is 0 Å². The Hall–Kier alpha value is -1.24. The van der Waals surface area contributed by atoms with Crippen molar-refractivity contribution in [1.82, 2.24) is 5.32 Å². The van der Waals surface area contributed by atoms with Gasteiger partial charge >= 0.3 is 17.8 Å². The number of aliphatic carboxylic acids is 1. The fraction of sp³-hybridized carbons (Fsp3) is 0.625. The number of carbonyl (C=O) groups excluding carboxylic acids is 2. The van der Waals surface area contributed by atoms with Gasteiger partial charge in [-0.3, -0.25) is 4.79 Å². The van der Waals surface area contributed by atoms with E-state index in [1.807, 2.05) is 6.26 Å². The van der Waals surface area contributed by atoms with Crippen LogP contribution in [0.25, 0.3) is 0 Å². The van der Waals surface area contributed by atoms with Gasteiger partial charge in [-0.15, -0.1) is 0 Å². The highest BCUT2D eigenvalue weighted by atomic mass is 32.2. The predicted octanol–water partition coefficient (Wildman–Crippen LogP) is -0.518. The van der Waals surface area contributed by atoms with Crippen molar-refractivity contribution in [3.05, 3.63) is 0 Å².